The molecule has 0 fully saturated rings. The number of fused-ring (bicyclic) bond motifs is 1. The Kier molecular flexibility index (Phi) is 7.73. The smallest absolute Gasteiger partial charge is 0.376 e. The number of benzene rings is 1. The van der Waals surface area contributed by atoms with Crippen molar-refractivity contribution in [3.05, 3.63) is 81.6 Å². The van der Waals surface area contributed by atoms with Crippen LogP contribution in [0.2, 0.25) is 0 Å². The zero-order valence-corrected chi connectivity index (χ0v) is 20.8. The number of hydrogen-bond acceptors (Lipinski definition) is 4. The van der Waals surface area contributed by atoms with Crippen molar-refractivity contribution in [2.24, 2.45) is 7.05 Å². The molecule has 1 unspecified atom stereocenters. The van der Waals surface area contributed by atoms with Crippen molar-refractivity contribution in [2.75, 3.05) is 5.32 Å². The maximum Gasteiger partial charge on any atom is 0.421 e. The molecule has 36 heavy (non-hydrogen) atoms. The molecule has 2 aromatic heterocycles. The van der Waals surface area contributed by atoms with E-state index < -0.39 is 28.7 Å². The van der Waals surface area contributed by atoms with Gasteiger partial charge in [0.2, 0.25) is 0 Å². The lowest BCUT2D eigenvalue weighted by Crippen LogP contribution is -2.39. The molecule has 0 bridgehead atoms. The number of anilines is 2. The van der Waals surface area contributed by atoms with E-state index in [2.05, 4.69) is 10.3 Å². The number of hydrogen-bond donors (Lipinski definition) is 2. The van der Waals surface area contributed by atoms with Gasteiger partial charge in [-0.25, -0.2) is 9.37 Å². The number of nitrogens with one attached hydrogen (secondary N) is 1. The Morgan fingerprint density at radius 3 is 2.44 bits per heavy atom. The molecular formula is C27H29F4N3O2. The van der Waals surface area contributed by atoms with Crippen LogP contribution in [0.3, 0.4) is 0 Å². The lowest BCUT2D eigenvalue weighted by Gasteiger charge is -2.26. The Hall–Kier alpha value is -3.46. The van der Waals surface area contributed by atoms with Crippen molar-refractivity contribution >= 4 is 28.0 Å². The van der Waals surface area contributed by atoms with Crippen LogP contribution in [0.15, 0.2) is 59.0 Å². The van der Waals surface area contributed by atoms with Crippen LogP contribution < -0.4 is 10.9 Å². The highest BCUT2D eigenvalue weighted by atomic mass is 19.4. The van der Waals surface area contributed by atoms with Crippen LogP contribution in [0, 0.1) is 5.82 Å². The molecule has 3 rings (SSSR count). The van der Waals surface area contributed by atoms with E-state index in [1.165, 1.54) is 23.7 Å². The minimum atomic E-state index is -4.89. The molecule has 9 heteroatoms. The normalized spacial score (nSPS) is 14.7. The van der Waals surface area contributed by atoms with Gasteiger partial charge in [0, 0.05) is 29.8 Å². The average Bonchev–Trinajstić information content (AvgIpc) is 2.83. The van der Waals surface area contributed by atoms with Crippen molar-refractivity contribution in [3.63, 3.8) is 0 Å². The van der Waals surface area contributed by atoms with Crippen molar-refractivity contribution in [3.8, 4) is 0 Å². The molecule has 5 nitrogen and oxygen atoms in total. The van der Waals surface area contributed by atoms with Crippen LogP contribution in [0.4, 0.5) is 29.1 Å². The monoisotopic (exact) mass is 503 g/mol. The third-order valence-electron chi connectivity index (χ3n) is 6.28. The molecule has 3 aromatic rings. The van der Waals surface area contributed by atoms with Gasteiger partial charge >= 0.3 is 6.18 Å². The fourth-order valence-corrected chi connectivity index (χ4v) is 3.75. The van der Waals surface area contributed by atoms with Crippen molar-refractivity contribution < 1.29 is 22.7 Å². The number of aliphatic hydroxyl groups is 1. The van der Waals surface area contributed by atoms with Crippen LogP contribution in [-0.2, 0) is 12.6 Å². The zero-order valence-electron chi connectivity index (χ0n) is 20.8. The maximum absolute atomic E-state index is 15.8. The van der Waals surface area contributed by atoms with Crippen LogP contribution in [0.5, 0.6) is 0 Å². The molecule has 1 aromatic carbocycles. The Bertz CT molecular complexity index is 1390. The minimum Gasteiger partial charge on any atom is -0.376 e. The number of pyridine rings is 2. The average molecular weight is 504 g/mol. The van der Waals surface area contributed by atoms with Crippen molar-refractivity contribution in [1.29, 1.82) is 0 Å². The van der Waals surface area contributed by atoms with Crippen molar-refractivity contribution in [2.45, 2.75) is 52.3 Å². The van der Waals surface area contributed by atoms with Gasteiger partial charge in [-0.2, -0.15) is 13.2 Å². The summed E-state index contributed by atoms with van der Waals surface area (Å²) < 4.78 is 56.4. The van der Waals surface area contributed by atoms with Gasteiger partial charge in [0.05, 0.1) is 5.52 Å². The van der Waals surface area contributed by atoms with E-state index in [4.69, 9.17) is 0 Å². The summed E-state index contributed by atoms with van der Waals surface area (Å²) >= 11 is 0. The van der Waals surface area contributed by atoms with Crippen LogP contribution in [0.25, 0.3) is 16.5 Å². The highest BCUT2D eigenvalue weighted by molar-refractivity contribution is 5.89. The number of nitrogens with zero attached hydrogens (tertiary/aromatic N) is 2. The predicted molar refractivity (Wildman–Crippen MR) is 135 cm³/mol. The second-order valence-electron chi connectivity index (χ2n) is 8.77. The Balaban J connectivity index is 2.09. The molecule has 0 aliphatic rings. The molecule has 0 amide bonds. The summed E-state index contributed by atoms with van der Waals surface area (Å²) in [5.41, 5.74) is -1.40. The first kappa shape index (κ1) is 27.1. The minimum absolute atomic E-state index is 0.00530. The van der Waals surface area contributed by atoms with Crippen LogP contribution >= 0.6 is 0 Å². The first-order chi connectivity index (χ1) is 16.8. The fraction of sp³-hybridized carbons (Fsp3) is 0.333. The van der Waals surface area contributed by atoms with Gasteiger partial charge in [-0.05, 0) is 56.5 Å². The lowest BCUT2D eigenvalue weighted by molar-refractivity contribution is -0.259. The molecule has 0 aliphatic carbocycles. The molecule has 1 atom stereocenters. The second kappa shape index (κ2) is 10.3. The van der Waals surface area contributed by atoms with Gasteiger partial charge in [-0.15, -0.1) is 0 Å². The van der Waals surface area contributed by atoms with Crippen LogP contribution in [-0.4, -0.2) is 20.8 Å². The molecule has 0 saturated heterocycles. The summed E-state index contributed by atoms with van der Waals surface area (Å²) in [6.45, 7) is 6.56. The molecule has 0 spiro atoms. The topological polar surface area (TPSA) is 67.2 Å². The fourth-order valence-electron chi connectivity index (χ4n) is 3.75. The van der Waals surface area contributed by atoms with Gasteiger partial charge in [0.25, 0.3) is 5.56 Å². The first-order valence-corrected chi connectivity index (χ1v) is 11.5. The number of alkyl halides is 3. The summed E-state index contributed by atoms with van der Waals surface area (Å²) in [5, 5.41) is 12.8. The van der Waals surface area contributed by atoms with E-state index in [1.54, 1.807) is 12.1 Å². The highest BCUT2D eigenvalue weighted by Gasteiger charge is 2.51. The third kappa shape index (κ3) is 5.06. The van der Waals surface area contributed by atoms with Crippen LogP contribution in [0.1, 0.15) is 51.7 Å². The van der Waals surface area contributed by atoms with E-state index >= 15 is 4.39 Å². The quantitative estimate of drug-likeness (QED) is 0.277. The predicted octanol–water partition coefficient (Wildman–Crippen LogP) is 6.74. The van der Waals surface area contributed by atoms with Gasteiger partial charge in [0.15, 0.2) is 5.60 Å². The Labute approximate surface area is 206 Å². The van der Waals surface area contributed by atoms with E-state index in [9.17, 15) is 23.1 Å². The standard InChI is InChI=1S/C27H29F4N3O2/c1-6-8-9-18(16(3)7-2)19-11-12-22-20(24(19)28)14-21(25(35)34(22)5)33-23-13-10-17(15-32-23)26(4,36)27(29,30)31/h8-15,36H,6-7H2,1-5H3,(H,32,33)/b9-8-,18-16-. The molecule has 2 N–H and O–H groups in total. The largest absolute Gasteiger partial charge is 0.421 e. The SMILES string of the molecule is CC/C=C\C(=C(/C)CC)c1ccc2c(cc(Nc3ccc(C(C)(O)C(F)(F)F)cn3)c(=O)n2C)c1F. The summed E-state index contributed by atoms with van der Waals surface area (Å²) in [6, 6.07) is 7.00. The summed E-state index contributed by atoms with van der Waals surface area (Å²) in [6.07, 6.45) is 1.38. The number of aromatic nitrogens is 2. The molecule has 2 heterocycles. The zero-order chi connectivity index (χ0) is 26.8. The number of halogens is 4. The first-order valence-electron chi connectivity index (χ1n) is 11.5. The van der Waals surface area contributed by atoms with Gasteiger partial charge in [-0.1, -0.05) is 37.6 Å². The van der Waals surface area contributed by atoms with Gasteiger partial charge in [0.1, 0.15) is 17.3 Å². The van der Waals surface area contributed by atoms with E-state index in [0.29, 0.717) is 18.0 Å². The summed E-state index contributed by atoms with van der Waals surface area (Å²) in [7, 11) is 1.51. The molecular weight excluding hydrogens is 474 g/mol. The third-order valence-corrected chi connectivity index (χ3v) is 6.28. The lowest BCUT2D eigenvalue weighted by atomic mass is 9.96. The maximum atomic E-state index is 15.8. The summed E-state index contributed by atoms with van der Waals surface area (Å²) in [5.74, 6) is -0.419. The van der Waals surface area contributed by atoms with Crippen molar-refractivity contribution in [1.82, 2.24) is 9.55 Å². The molecule has 0 aliphatic heterocycles. The van der Waals surface area contributed by atoms with E-state index in [-0.39, 0.29) is 16.9 Å². The van der Waals surface area contributed by atoms with Gasteiger partial charge < -0.3 is 15.0 Å². The molecule has 0 radical (unpaired) electrons. The Morgan fingerprint density at radius 2 is 1.89 bits per heavy atom. The number of aryl methyl sites for hydroxylation is 1. The number of rotatable bonds is 7. The molecule has 0 saturated carbocycles. The molecule has 192 valence electrons. The van der Waals surface area contributed by atoms with E-state index in [0.717, 1.165) is 36.3 Å². The highest BCUT2D eigenvalue weighted by Crippen LogP contribution is 2.38. The second-order valence-corrected chi connectivity index (χ2v) is 8.77. The summed E-state index contributed by atoms with van der Waals surface area (Å²) in [4.78, 5) is 16.8. The van der Waals surface area contributed by atoms with Gasteiger partial charge in [-0.3, -0.25) is 4.79 Å². The van der Waals surface area contributed by atoms with E-state index in [1.807, 2.05) is 32.9 Å². The number of allylic oxidation sites excluding steroid dienone is 4. The Morgan fingerprint density at radius 1 is 1.19 bits per heavy atom.